The van der Waals surface area contributed by atoms with Gasteiger partial charge in [-0.25, -0.2) is 0 Å². The monoisotopic (exact) mass is 326 g/mol. The molecule has 0 heterocycles. The molecule has 0 bridgehead atoms. The van der Waals surface area contributed by atoms with Gasteiger partial charge in [-0.3, -0.25) is 9.98 Å². The summed E-state index contributed by atoms with van der Waals surface area (Å²) in [6.07, 6.45) is 3.04. The SMILES string of the molecule is COc1ccc(C=NCCN=Cc2ccc(OC)cc2[O-])c([O-])c1. The average Bonchev–Trinajstić information content (AvgIpc) is 2.60. The number of benzene rings is 2. The Hall–Kier alpha value is -3.02. The molecule has 0 amide bonds. The molecule has 2 rings (SSSR count). The van der Waals surface area contributed by atoms with Crippen molar-refractivity contribution in [3.8, 4) is 23.0 Å². The molecule has 2 aromatic rings. The molecule has 0 aliphatic heterocycles. The molecule has 0 atom stereocenters. The maximum absolute atomic E-state index is 11.7. The maximum atomic E-state index is 11.7. The van der Waals surface area contributed by atoms with E-state index in [9.17, 15) is 10.2 Å². The van der Waals surface area contributed by atoms with E-state index in [1.54, 1.807) is 24.3 Å². The van der Waals surface area contributed by atoms with Gasteiger partial charge in [-0.15, -0.1) is 0 Å². The Morgan fingerprint density at radius 3 is 1.54 bits per heavy atom. The van der Waals surface area contributed by atoms with Crippen molar-refractivity contribution in [3.05, 3.63) is 47.5 Å². The predicted octanol–water partition coefficient (Wildman–Crippen LogP) is 1.39. The van der Waals surface area contributed by atoms with Crippen molar-refractivity contribution in [1.29, 1.82) is 0 Å². The van der Waals surface area contributed by atoms with Crippen LogP contribution in [0.4, 0.5) is 0 Å². The highest BCUT2D eigenvalue weighted by Gasteiger charge is 1.95. The van der Waals surface area contributed by atoms with Gasteiger partial charge in [-0.05, 0) is 35.4 Å². The first-order valence-corrected chi connectivity index (χ1v) is 7.34. The summed E-state index contributed by atoms with van der Waals surface area (Å²) in [6, 6.07) is 9.57. The van der Waals surface area contributed by atoms with E-state index >= 15 is 0 Å². The summed E-state index contributed by atoms with van der Waals surface area (Å²) in [5.74, 6) is 0.760. The fraction of sp³-hybridized carbons (Fsp3) is 0.222. The zero-order chi connectivity index (χ0) is 17.4. The van der Waals surface area contributed by atoms with Crippen molar-refractivity contribution in [2.45, 2.75) is 0 Å². The molecular weight excluding hydrogens is 308 g/mol. The highest BCUT2D eigenvalue weighted by Crippen LogP contribution is 2.20. The maximum Gasteiger partial charge on any atom is 0.118 e. The van der Waals surface area contributed by atoms with Crippen molar-refractivity contribution in [3.63, 3.8) is 0 Å². The molecule has 0 aliphatic rings. The Bertz CT molecular complexity index is 678. The fourth-order valence-electron chi connectivity index (χ4n) is 1.94. The van der Waals surface area contributed by atoms with Crippen LogP contribution in [0.3, 0.4) is 0 Å². The van der Waals surface area contributed by atoms with Crippen LogP contribution < -0.4 is 19.7 Å². The Morgan fingerprint density at radius 2 is 1.21 bits per heavy atom. The summed E-state index contributed by atoms with van der Waals surface area (Å²) < 4.78 is 9.95. The molecule has 0 aromatic heterocycles. The minimum atomic E-state index is -0.143. The first kappa shape index (κ1) is 17.3. The third kappa shape index (κ3) is 4.74. The summed E-state index contributed by atoms with van der Waals surface area (Å²) in [4.78, 5) is 8.32. The number of nitrogens with zero attached hydrogens (tertiary/aromatic N) is 2. The van der Waals surface area contributed by atoms with Crippen LogP contribution in [0.2, 0.25) is 0 Å². The molecule has 0 N–H and O–H groups in total. The standard InChI is InChI=1S/C18H20N2O4/c1-23-15-5-3-13(17(21)9-15)11-19-7-8-20-12-14-4-6-16(24-2)10-18(14)22/h3-6,9-12,21-22H,7-8H2,1-2H3/p-2. The highest BCUT2D eigenvalue weighted by atomic mass is 16.5. The average molecular weight is 326 g/mol. The van der Waals surface area contributed by atoms with Crippen LogP contribution in [0.15, 0.2) is 46.4 Å². The largest absolute Gasteiger partial charge is 0.872 e. The summed E-state index contributed by atoms with van der Waals surface area (Å²) in [7, 11) is 3.02. The molecule has 0 fully saturated rings. The van der Waals surface area contributed by atoms with Crippen LogP contribution in [0.1, 0.15) is 11.1 Å². The fourth-order valence-corrected chi connectivity index (χ4v) is 1.94. The molecule has 0 unspecified atom stereocenters. The van der Waals surface area contributed by atoms with Crippen molar-refractivity contribution in [1.82, 2.24) is 0 Å². The quantitative estimate of drug-likeness (QED) is 0.568. The zero-order valence-electron chi connectivity index (χ0n) is 13.6. The van der Waals surface area contributed by atoms with E-state index in [1.807, 2.05) is 0 Å². The van der Waals surface area contributed by atoms with Gasteiger partial charge in [0.25, 0.3) is 0 Å². The Morgan fingerprint density at radius 1 is 0.792 bits per heavy atom. The summed E-state index contributed by atoms with van der Waals surface area (Å²) in [5, 5.41) is 23.5. The molecule has 0 spiro atoms. The molecule has 0 aliphatic carbocycles. The van der Waals surface area contributed by atoms with Crippen LogP contribution in [0.25, 0.3) is 0 Å². The highest BCUT2D eigenvalue weighted by molar-refractivity contribution is 5.84. The third-order valence-electron chi connectivity index (χ3n) is 3.26. The van der Waals surface area contributed by atoms with E-state index in [4.69, 9.17) is 9.47 Å². The minimum Gasteiger partial charge on any atom is -0.872 e. The Balaban J connectivity index is 1.86. The van der Waals surface area contributed by atoms with E-state index in [0.717, 1.165) is 0 Å². The number of methoxy groups -OCH3 is 2. The second-order valence-corrected chi connectivity index (χ2v) is 4.88. The van der Waals surface area contributed by atoms with Gasteiger partial charge in [0.1, 0.15) is 11.5 Å². The predicted molar refractivity (Wildman–Crippen MR) is 89.8 cm³/mol. The normalized spacial score (nSPS) is 11.2. The smallest absolute Gasteiger partial charge is 0.118 e. The van der Waals surface area contributed by atoms with Crippen molar-refractivity contribution in [2.24, 2.45) is 9.98 Å². The Kier molecular flexibility index (Phi) is 6.19. The van der Waals surface area contributed by atoms with E-state index < -0.39 is 0 Å². The van der Waals surface area contributed by atoms with E-state index in [2.05, 4.69) is 9.98 Å². The molecule has 2 aromatic carbocycles. The molecule has 0 saturated carbocycles. The Labute approximate surface area is 140 Å². The van der Waals surface area contributed by atoms with Crippen molar-refractivity contribution >= 4 is 12.4 Å². The number of hydrogen-bond acceptors (Lipinski definition) is 6. The van der Waals surface area contributed by atoms with Crippen LogP contribution in [-0.2, 0) is 0 Å². The van der Waals surface area contributed by atoms with Crippen LogP contribution in [0, 0.1) is 0 Å². The lowest BCUT2D eigenvalue weighted by atomic mass is 10.2. The third-order valence-corrected chi connectivity index (χ3v) is 3.26. The lowest BCUT2D eigenvalue weighted by Gasteiger charge is -2.11. The summed E-state index contributed by atoms with van der Waals surface area (Å²) in [5.41, 5.74) is 0.994. The molecule has 0 saturated heterocycles. The van der Waals surface area contributed by atoms with Crippen LogP contribution in [0.5, 0.6) is 23.0 Å². The molecule has 24 heavy (non-hydrogen) atoms. The number of ether oxygens (including phenoxy) is 2. The van der Waals surface area contributed by atoms with Crippen LogP contribution in [-0.4, -0.2) is 39.7 Å². The minimum absolute atomic E-state index is 0.143. The summed E-state index contributed by atoms with van der Waals surface area (Å²) >= 11 is 0. The topological polar surface area (TPSA) is 89.3 Å². The van der Waals surface area contributed by atoms with Crippen molar-refractivity contribution in [2.75, 3.05) is 27.3 Å². The first-order chi connectivity index (χ1) is 11.6. The van der Waals surface area contributed by atoms with Crippen LogP contribution >= 0.6 is 0 Å². The zero-order valence-corrected chi connectivity index (χ0v) is 13.6. The van der Waals surface area contributed by atoms with E-state index in [1.165, 1.54) is 38.8 Å². The van der Waals surface area contributed by atoms with Gasteiger partial charge in [-0.2, -0.15) is 0 Å². The second kappa shape index (κ2) is 8.57. The van der Waals surface area contributed by atoms with Gasteiger partial charge in [-0.1, -0.05) is 23.6 Å². The van der Waals surface area contributed by atoms with E-state index in [-0.39, 0.29) is 11.5 Å². The van der Waals surface area contributed by atoms with Crippen molar-refractivity contribution < 1.29 is 19.7 Å². The van der Waals surface area contributed by atoms with E-state index in [0.29, 0.717) is 35.7 Å². The van der Waals surface area contributed by atoms with Gasteiger partial charge in [0.2, 0.25) is 0 Å². The van der Waals surface area contributed by atoms with Gasteiger partial charge < -0.3 is 19.7 Å². The first-order valence-electron chi connectivity index (χ1n) is 7.34. The number of rotatable bonds is 7. The molecule has 6 heteroatoms. The van der Waals surface area contributed by atoms with Gasteiger partial charge in [0.05, 0.1) is 27.3 Å². The lowest BCUT2D eigenvalue weighted by Crippen LogP contribution is -1.99. The molecule has 126 valence electrons. The lowest BCUT2D eigenvalue weighted by molar-refractivity contribution is -0.269. The second-order valence-electron chi connectivity index (χ2n) is 4.88. The van der Waals surface area contributed by atoms with Gasteiger partial charge in [0.15, 0.2) is 0 Å². The molecule has 0 radical (unpaired) electrons. The van der Waals surface area contributed by atoms with Gasteiger partial charge in [0, 0.05) is 12.4 Å². The number of hydrogen-bond donors (Lipinski definition) is 0. The van der Waals surface area contributed by atoms with Gasteiger partial charge >= 0.3 is 0 Å². The molecular formula is C18H18N2O4-2. The summed E-state index contributed by atoms with van der Waals surface area (Å²) in [6.45, 7) is 0.846. The molecule has 6 nitrogen and oxygen atoms in total. The number of aliphatic imine (C=N–C) groups is 2.